The molecule has 1 aliphatic heterocycles. The highest BCUT2D eigenvalue weighted by Gasteiger charge is 2.33. The number of thioether (sulfide) groups is 1. The molecule has 0 saturated carbocycles. The monoisotopic (exact) mass is 463 g/mol. The number of para-hydroxylation sites is 4. The summed E-state index contributed by atoms with van der Waals surface area (Å²) in [6, 6.07) is 24.4. The standard InChI is InChI=1S/C25H21NO4S2/c1-28-21-13-7-8-14-22(21)30-16-15-29-20-12-6-5-9-18(20)17-23-24(27)26(25(31)32-23)19-10-3-2-4-11-19/h2-14,17H,15-16H2,1H3. The molecule has 3 aromatic rings. The van der Waals surface area contributed by atoms with Crippen LogP contribution in [0.4, 0.5) is 5.69 Å². The summed E-state index contributed by atoms with van der Waals surface area (Å²) in [6.07, 6.45) is 1.82. The van der Waals surface area contributed by atoms with Gasteiger partial charge in [-0.05, 0) is 36.4 Å². The zero-order chi connectivity index (χ0) is 22.3. The minimum atomic E-state index is -0.138. The van der Waals surface area contributed by atoms with Crippen LogP contribution in [0.5, 0.6) is 17.2 Å². The molecule has 1 saturated heterocycles. The van der Waals surface area contributed by atoms with Gasteiger partial charge in [-0.25, -0.2) is 0 Å². The van der Waals surface area contributed by atoms with E-state index >= 15 is 0 Å². The summed E-state index contributed by atoms with van der Waals surface area (Å²) in [5, 5.41) is 0. The molecule has 162 valence electrons. The molecule has 1 amide bonds. The Morgan fingerprint density at radius 2 is 1.44 bits per heavy atom. The molecule has 32 heavy (non-hydrogen) atoms. The highest BCUT2D eigenvalue weighted by molar-refractivity contribution is 8.27. The van der Waals surface area contributed by atoms with Gasteiger partial charge in [0, 0.05) is 5.56 Å². The van der Waals surface area contributed by atoms with Crippen molar-refractivity contribution in [1.29, 1.82) is 0 Å². The van der Waals surface area contributed by atoms with Crippen LogP contribution in [0.1, 0.15) is 5.56 Å². The lowest BCUT2D eigenvalue weighted by Gasteiger charge is -2.14. The van der Waals surface area contributed by atoms with Gasteiger partial charge in [0.2, 0.25) is 0 Å². The van der Waals surface area contributed by atoms with Crippen LogP contribution in [0.15, 0.2) is 83.8 Å². The van der Waals surface area contributed by atoms with Crippen LogP contribution in [-0.2, 0) is 4.79 Å². The molecule has 5 nitrogen and oxygen atoms in total. The van der Waals surface area contributed by atoms with Crippen LogP contribution >= 0.6 is 24.0 Å². The minimum Gasteiger partial charge on any atom is -0.493 e. The number of benzene rings is 3. The average molecular weight is 464 g/mol. The number of thiocarbonyl (C=S) groups is 1. The zero-order valence-electron chi connectivity index (χ0n) is 17.4. The summed E-state index contributed by atoms with van der Waals surface area (Å²) in [5.74, 6) is 1.87. The molecule has 3 aromatic carbocycles. The van der Waals surface area contributed by atoms with Gasteiger partial charge < -0.3 is 14.2 Å². The number of amides is 1. The van der Waals surface area contributed by atoms with Gasteiger partial charge in [0.25, 0.3) is 5.91 Å². The molecule has 0 spiro atoms. The van der Waals surface area contributed by atoms with Crippen molar-refractivity contribution in [3.8, 4) is 17.2 Å². The lowest BCUT2D eigenvalue weighted by Crippen LogP contribution is -2.27. The summed E-state index contributed by atoms with van der Waals surface area (Å²) in [7, 11) is 1.61. The van der Waals surface area contributed by atoms with Crippen molar-refractivity contribution in [2.24, 2.45) is 0 Å². The number of carbonyl (C=O) groups excluding carboxylic acids is 1. The molecule has 1 fully saturated rings. The average Bonchev–Trinajstić information content (AvgIpc) is 3.11. The molecule has 0 N–H and O–H groups in total. The molecular formula is C25H21NO4S2. The molecule has 0 unspecified atom stereocenters. The Morgan fingerprint density at radius 1 is 0.844 bits per heavy atom. The van der Waals surface area contributed by atoms with Gasteiger partial charge in [-0.15, -0.1) is 0 Å². The number of hydrogen-bond donors (Lipinski definition) is 0. The van der Waals surface area contributed by atoms with Gasteiger partial charge >= 0.3 is 0 Å². The van der Waals surface area contributed by atoms with Crippen LogP contribution in [-0.4, -0.2) is 30.6 Å². The molecule has 0 radical (unpaired) electrons. The first-order valence-corrected chi connectivity index (χ1v) is 11.2. The SMILES string of the molecule is COc1ccccc1OCCOc1ccccc1C=C1SC(=S)N(c2ccccc2)C1=O. The topological polar surface area (TPSA) is 48.0 Å². The largest absolute Gasteiger partial charge is 0.493 e. The van der Waals surface area contributed by atoms with E-state index < -0.39 is 0 Å². The Kier molecular flexibility index (Phi) is 7.09. The molecule has 0 aliphatic carbocycles. The number of rotatable bonds is 8. The Labute approximate surface area is 196 Å². The Balaban J connectivity index is 1.44. The molecule has 4 rings (SSSR count). The Hall–Kier alpha value is -3.29. The van der Waals surface area contributed by atoms with Crippen molar-refractivity contribution in [2.45, 2.75) is 0 Å². The first-order chi connectivity index (χ1) is 15.7. The minimum absolute atomic E-state index is 0.138. The molecule has 0 aromatic heterocycles. The van der Waals surface area contributed by atoms with Crippen LogP contribution in [0.3, 0.4) is 0 Å². The second-order valence-electron chi connectivity index (χ2n) is 6.74. The maximum atomic E-state index is 13.0. The van der Waals surface area contributed by atoms with E-state index in [0.29, 0.717) is 39.7 Å². The predicted molar refractivity (Wildman–Crippen MR) is 133 cm³/mol. The van der Waals surface area contributed by atoms with Crippen LogP contribution in [0, 0.1) is 0 Å². The van der Waals surface area contributed by atoms with Gasteiger partial charge in [-0.1, -0.05) is 72.5 Å². The van der Waals surface area contributed by atoms with Crippen molar-refractivity contribution < 1.29 is 19.0 Å². The maximum absolute atomic E-state index is 13.0. The number of methoxy groups -OCH3 is 1. The highest BCUT2D eigenvalue weighted by Crippen LogP contribution is 2.37. The number of ether oxygens (including phenoxy) is 3. The summed E-state index contributed by atoms with van der Waals surface area (Å²) >= 11 is 6.73. The van der Waals surface area contributed by atoms with Crippen molar-refractivity contribution in [3.63, 3.8) is 0 Å². The van der Waals surface area contributed by atoms with Gasteiger partial charge in [0.1, 0.15) is 19.0 Å². The quantitative estimate of drug-likeness (QED) is 0.248. The molecule has 1 aliphatic rings. The van der Waals surface area contributed by atoms with Crippen LogP contribution < -0.4 is 19.1 Å². The Morgan fingerprint density at radius 3 is 2.16 bits per heavy atom. The molecule has 7 heteroatoms. The number of nitrogens with zero attached hydrogens (tertiary/aromatic N) is 1. The third-order valence-electron chi connectivity index (χ3n) is 4.68. The number of anilines is 1. The normalized spacial score (nSPS) is 14.7. The molecular weight excluding hydrogens is 442 g/mol. The van der Waals surface area contributed by atoms with Crippen LogP contribution in [0.2, 0.25) is 0 Å². The van der Waals surface area contributed by atoms with E-state index in [1.807, 2.05) is 84.9 Å². The van der Waals surface area contributed by atoms with Crippen molar-refractivity contribution in [3.05, 3.63) is 89.3 Å². The predicted octanol–water partition coefficient (Wildman–Crippen LogP) is 5.56. The fraction of sp³-hybridized carbons (Fsp3) is 0.120. The number of carbonyl (C=O) groups is 1. The second-order valence-corrected chi connectivity index (χ2v) is 8.41. The first kappa shape index (κ1) is 21.9. The lowest BCUT2D eigenvalue weighted by atomic mass is 10.2. The maximum Gasteiger partial charge on any atom is 0.270 e. The fourth-order valence-corrected chi connectivity index (χ4v) is 4.47. The summed E-state index contributed by atoms with van der Waals surface area (Å²) in [4.78, 5) is 15.1. The van der Waals surface area contributed by atoms with E-state index in [1.165, 1.54) is 11.8 Å². The zero-order valence-corrected chi connectivity index (χ0v) is 19.0. The van der Waals surface area contributed by atoms with Crippen molar-refractivity contribution in [1.82, 2.24) is 0 Å². The first-order valence-electron chi connectivity index (χ1n) is 9.98. The second kappa shape index (κ2) is 10.3. The van der Waals surface area contributed by atoms with E-state index in [0.717, 1.165) is 11.3 Å². The molecule has 0 bridgehead atoms. The smallest absolute Gasteiger partial charge is 0.270 e. The third kappa shape index (κ3) is 4.95. The fourth-order valence-electron chi connectivity index (χ4n) is 3.18. The van der Waals surface area contributed by atoms with Gasteiger partial charge in [-0.3, -0.25) is 9.69 Å². The number of hydrogen-bond acceptors (Lipinski definition) is 6. The highest BCUT2D eigenvalue weighted by atomic mass is 32.2. The molecule has 1 heterocycles. The van der Waals surface area contributed by atoms with E-state index in [-0.39, 0.29) is 5.91 Å². The van der Waals surface area contributed by atoms with Crippen molar-refractivity contribution in [2.75, 3.05) is 25.2 Å². The van der Waals surface area contributed by atoms with E-state index in [4.69, 9.17) is 26.4 Å². The third-order valence-corrected chi connectivity index (χ3v) is 5.98. The summed E-state index contributed by atoms with van der Waals surface area (Å²) in [6.45, 7) is 0.693. The van der Waals surface area contributed by atoms with Gasteiger partial charge in [0.05, 0.1) is 17.7 Å². The van der Waals surface area contributed by atoms with E-state index in [9.17, 15) is 4.79 Å². The van der Waals surface area contributed by atoms with E-state index in [2.05, 4.69) is 0 Å². The van der Waals surface area contributed by atoms with E-state index in [1.54, 1.807) is 12.0 Å². The van der Waals surface area contributed by atoms with Gasteiger partial charge in [-0.2, -0.15) is 0 Å². The van der Waals surface area contributed by atoms with Crippen LogP contribution in [0.25, 0.3) is 6.08 Å². The van der Waals surface area contributed by atoms with Crippen molar-refractivity contribution >= 4 is 46.0 Å². The Bertz CT molecular complexity index is 1150. The van der Waals surface area contributed by atoms with Gasteiger partial charge in [0.15, 0.2) is 15.8 Å². The molecule has 0 atom stereocenters. The lowest BCUT2D eigenvalue weighted by molar-refractivity contribution is -0.113. The summed E-state index contributed by atoms with van der Waals surface area (Å²) < 4.78 is 17.5. The summed E-state index contributed by atoms with van der Waals surface area (Å²) in [5.41, 5.74) is 1.56.